The van der Waals surface area contributed by atoms with Gasteiger partial charge in [-0.1, -0.05) is 26.0 Å². The van der Waals surface area contributed by atoms with Crippen LogP contribution in [0, 0.1) is 5.92 Å². The summed E-state index contributed by atoms with van der Waals surface area (Å²) in [5, 5.41) is 2.92. The van der Waals surface area contributed by atoms with Crippen molar-refractivity contribution >= 4 is 5.91 Å². The van der Waals surface area contributed by atoms with Gasteiger partial charge in [0.2, 0.25) is 5.91 Å². The van der Waals surface area contributed by atoms with Gasteiger partial charge in [0.15, 0.2) is 0 Å². The van der Waals surface area contributed by atoms with E-state index < -0.39 is 6.04 Å². The molecule has 2 unspecified atom stereocenters. The van der Waals surface area contributed by atoms with Crippen LogP contribution in [0.4, 0.5) is 0 Å². The molecule has 1 rings (SSSR count). The van der Waals surface area contributed by atoms with Crippen LogP contribution in [0.15, 0.2) is 24.3 Å². The lowest BCUT2D eigenvalue weighted by Crippen LogP contribution is -2.44. The number of carbonyl (C=O) groups excluding carboxylic acids is 1. The highest BCUT2D eigenvalue weighted by Gasteiger charge is 2.19. The zero-order valence-electron chi connectivity index (χ0n) is 12.1. The molecule has 0 aliphatic carbocycles. The number of rotatable bonds is 6. The molecule has 19 heavy (non-hydrogen) atoms. The Balaban J connectivity index is 2.62. The summed E-state index contributed by atoms with van der Waals surface area (Å²) < 4.78 is 5.38. The Bertz CT molecular complexity index is 401. The molecule has 106 valence electrons. The van der Waals surface area contributed by atoms with E-state index in [1.807, 2.05) is 52.0 Å². The van der Waals surface area contributed by atoms with Crippen molar-refractivity contribution in [2.75, 3.05) is 6.61 Å². The second kappa shape index (κ2) is 7.14. The van der Waals surface area contributed by atoms with Gasteiger partial charge < -0.3 is 15.8 Å². The molecule has 0 fully saturated rings. The first-order chi connectivity index (χ1) is 8.95. The average molecular weight is 264 g/mol. The second-order valence-corrected chi connectivity index (χ2v) is 5.00. The summed E-state index contributed by atoms with van der Waals surface area (Å²) >= 11 is 0. The minimum atomic E-state index is -0.467. The highest BCUT2D eigenvalue weighted by molar-refractivity contribution is 5.82. The second-order valence-electron chi connectivity index (χ2n) is 5.00. The van der Waals surface area contributed by atoms with Crippen LogP contribution in [0.5, 0.6) is 5.75 Å². The average Bonchev–Trinajstić information content (AvgIpc) is 2.38. The zero-order valence-corrected chi connectivity index (χ0v) is 12.1. The van der Waals surface area contributed by atoms with Gasteiger partial charge >= 0.3 is 0 Å². The maximum atomic E-state index is 11.9. The van der Waals surface area contributed by atoms with E-state index in [1.165, 1.54) is 0 Å². The van der Waals surface area contributed by atoms with Gasteiger partial charge in [-0.05, 0) is 37.5 Å². The molecule has 4 heteroatoms. The molecule has 0 aliphatic heterocycles. The van der Waals surface area contributed by atoms with Gasteiger partial charge in [0, 0.05) is 0 Å². The summed E-state index contributed by atoms with van der Waals surface area (Å²) in [6.07, 6.45) is 0. The summed E-state index contributed by atoms with van der Waals surface area (Å²) in [6.45, 7) is 8.41. The van der Waals surface area contributed by atoms with Crippen molar-refractivity contribution in [2.45, 2.75) is 39.8 Å². The quantitative estimate of drug-likeness (QED) is 0.828. The largest absolute Gasteiger partial charge is 0.494 e. The molecule has 0 radical (unpaired) electrons. The first-order valence-electron chi connectivity index (χ1n) is 6.74. The van der Waals surface area contributed by atoms with Crippen LogP contribution in [0.2, 0.25) is 0 Å². The molecule has 4 nitrogen and oxygen atoms in total. The van der Waals surface area contributed by atoms with E-state index in [0.717, 1.165) is 11.3 Å². The molecule has 1 aromatic carbocycles. The first-order valence-corrected chi connectivity index (χ1v) is 6.74. The Labute approximate surface area is 115 Å². The Morgan fingerprint density at radius 3 is 2.32 bits per heavy atom. The highest BCUT2D eigenvalue weighted by Crippen LogP contribution is 2.17. The Morgan fingerprint density at radius 2 is 1.84 bits per heavy atom. The molecule has 0 spiro atoms. The lowest BCUT2D eigenvalue weighted by Gasteiger charge is -2.20. The number of hydrogen-bond donors (Lipinski definition) is 2. The number of hydrogen-bond acceptors (Lipinski definition) is 3. The molecule has 0 bridgehead atoms. The minimum absolute atomic E-state index is 0.0621. The van der Waals surface area contributed by atoms with E-state index in [1.54, 1.807) is 0 Å². The van der Waals surface area contributed by atoms with Crippen molar-refractivity contribution in [3.8, 4) is 5.75 Å². The molecule has 3 N–H and O–H groups in total. The van der Waals surface area contributed by atoms with Gasteiger partial charge in [0.05, 0.1) is 18.7 Å². The van der Waals surface area contributed by atoms with Crippen molar-refractivity contribution in [1.82, 2.24) is 5.32 Å². The third-order valence-electron chi connectivity index (χ3n) is 3.07. The van der Waals surface area contributed by atoms with Gasteiger partial charge in [0.1, 0.15) is 5.75 Å². The molecule has 1 aromatic rings. The summed E-state index contributed by atoms with van der Waals surface area (Å²) in [4.78, 5) is 11.9. The minimum Gasteiger partial charge on any atom is -0.494 e. The van der Waals surface area contributed by atoms with E-state index in [9.17, 15) is 4.79 Å². The van der Waals surface area contributed by atoms with Crippen molar-refractivity contribution in [1.29, 1.82) is 0 Å². The monoisotopic (exact) mass is 264 g/mol. The molecule has 2 atom stereocenters. The standard InChI is InChI=1S/C15H24N2O2/c1-5-19-13-8-6-12(7-9-13)11(4)17-15(18)14(16)10(2)3/h6-11,14H,5,16H2,1-4H3,(H,17,18). The Kier molecular flexibility index (Phi) is 5.83. The summed E-state index contributed by atoms with van der Waals surface area (Å²) in [6, 6.07) is 7.19. The van der Waals surface area contributed by atoms with Crippen LogP contribution in [0.3, 0.4) is 0 Å². The molecule has 1 amide bonds. The van der Waals surface area contributed by atoms with E-state index in [-0.39, 0.29) is 17.9 Å². The highest BCUT2D eigenvalue weighted by atomic mass is 16.5. The fourth-order valence-electron chi connectivity index (χ4n) is 1.72. The summed E-state index contributed by atoms with van der Waals surface area (Å²) in [5.74, 6) is 0.854. The maximum Gasteiger partial charge on any atom is 0.237 e. The molecular formula is C15H24N2O2. The maximum absolute atomic E-state index is 11.9. The number of benzene rings is 1. The lowest BCUT2D eigenvalue weighted by atomic mass is 10.0. The topological polar surface area (TPSA) is 64.3 Å². The molecule has 0 aromatic heterocycles. The van der Waals surface area contributed by atoms with Gasteiger partial charge in [-0.25, -0.2) is 0 Å². The van der Waals surface area contributed by atoms with Gasteiger partial charge in [-0.3, -0.25) is 4.79 Å². The predicted octanol–water partition coefficient (Wildman–Crippen LogP) is 2.25. The van der Waals surface area contributed by atoms with Crippen LogP contribution in [0.1, 0.15) is 39.3 Å². The predicted molar refractivity (Wildman–Crippen MR) is 77.0 cm³/mol. The lowest BCUT2D eigenvalue weighted by molar-refractivity contribution is -0.123. The number of amides is 1. The Hall–Kier alpha value is -1.55. The number of nitrogens with two attached hydrogens (primary N) is 1. The van der Waals surface area contributed by atoms with Gasteiger partial charge in [-0.15, -0.1) is 0 Å². The van der Waals surface area contributed by atoms with Gasteiger partial charge in [-0.2, -0.15) is 0 Å². The fourth-order valence-corrected chi connectivity index (χ4v) is 1.72. The first kappa shape index (κ1) is 15.5. The zero-order chi connectivity index (χ0) is 14.4. The number of ether oxygens (including phenoxy) is 1. The van der Waals surface area contributed by atoms with Crippen LogP contribution in [0.25, 0.3) is 0 Å². The molecule has 0 saturated carbocycles. The van der Waals surface area contributed by atoms with E-state index in [2.05, 4.69) is 5.32 Å². The van der Waals surface area contributed by atoms with Crippen LogP contribution >= 0.6 is 0 Å². The molecular weight excluding hydrogens is 240 g/mol. The summed E-state index contributed by atoms with van der Waals surface area (Å²) in [5.41, 5.74) is 6.85. The van der Waals surface area contributed by atoms with E-state index in [4.69, 9.17) is 10.5 Å². The van der Waals surface area contributed by atoms with Crippen molar-refractivity contribution < 1.29 is 9.53 Å². The van der Waals surface area contributed by atoms with Crippen LogP contribution in [-0.4, -0.2) is 18.6 Å². The number of nitrogens with one attached hydrogen (secondary N) is 1. The third kappa shape index (κ3) is 4.56. The van der Waals surface area contributed by atoms with E-state index >= 15 is 0 Å². The SMILES string of the molecule is CCOc1ccc(C(C)NC(=O)C(N)C(C)C)cc1. The normalized spacial score (nSPS) is 14.0. The third-order valence-corrected chi connectivity index (χ3v) is 3.07. The van der Waals surface area contributed by atoms with Crippen LogP contribution < -0.4 is 15.8 Å². The van der Waals surface area contributed by atoms with Crippen LogP contribution in [-0.2, 0) is 4.79 Å². The van der Waals surface area contributed by atoms with E-state index in [0.29, 0.717) is 6.61 Å². The smallest absolute Gasteiger partial charge is 0.237 e. The molecule has 0 saturated heterocycles. The van der Waals surface area contributed by atoms with Crippen molar-refractivity contribution in [3.63, 3.8) is 0 Å². The van der Waals surface area contributed by atoms with Crippen molar-refractivity contribution in [2.24, 2.45) is 11.7 Å². The fraction of sp³-hybridized carbons (Fsp3) is 0.533. The number of carbonyl (C=O) groups is 1. The molecule has 0 aliphatic rings. The molecule has 0 heterocycles. The Morgan fingerprint density at radius 1 is 1.26 bits per heavy atom. The summed E-state index contributed by atoms with van der Waals surface area (Å²) in [7, 11) is 0. The van der Waals surface area contributed by atoms with Crippen molar-refractivity contribution in [3.05, 3.63) is 29.8 Å². The van der Waals surface area contributed by atoms with Gasteiger partial charge in [0.25, 0.3) is 0 Å².